The van der Waals surface area contributed by atoms with Crippen LogP contribution in [0.2, 0.25) is 0 Å². The van der Waals surface area contributed by atoms with E-state index in [0.29, 0.717) is 4.83 Å². The maximum atomic E-state index is 5.35. The van der Waals surface area contributed by atoms with E-state index in [4.69, 9.17) is 4.74 Å². The molecule has 0 aromatic heterocycles. The molecule has 1 aliphatic rings. The van der Waals surface area contributed by atoms with E-state index in [1.165, 1.54) is 25.7 Å². The first-order valence-electron chi connectivity index (χ1n) is 5.40. The second kappa shape index (κ2) is 6.02. The van der Waals surface area contributed by atoms with Gasteiger partial charge in [-0.2, -0.15) is 0 Å². The van der Waals surface area contributed by atoms with Crippen LogP contribution in [-0.2, 0) is 4.74 Å². The summed E-state index contributed by atoms with van der Waals surface area (Å²) >= 11 is 3.62. The summed E-state index contributed by atoms with van der Waals surface area (Å²) in [4.78, 5) is 0.669. The minimum absolute atomic E-state index is 0.669. The molecular formula is C11H21BrO. The topological polar surface area (TPSA) is 9.23 Å². The molecule has 0 aliphatic carbocycles. The van der Waals surface area contributed by atoms with Crippen molar-refractivity contribution < 1.29 is 4.74 Å². The Bertz CT molecular complexity index is 130. The van der Waals surface area contributed by atoms with Crippen molar-refractivity contribution in [1.29, 1.82) is 0 Å². The SMILES string of the molecule is CC(Br)CC(C)CC1CCOCC1. The number of alkyl halides is 1. The van der Waals surface area contributed by atoms with Crippen molar-refractivity contribution in [3.63, 3.8) is 0 Å². The van der Waals surface area contributed by atoms with Gasteiger partial charge in [-0.15, -0.1) is 0 Å². The molecule has 1 saturated heterocycles. The maximum absolute atomic E-state index is 5.35. The van der Waals surface area contributed by atoms with Crippen LogP contribution in [0.25, 0.3) is 0 Å². The Hall–Kier alpha value is 0.440. The lowest BCUT2D eigenvalue weighted by Crippen LogP contribution is -2.18. The molecule has 1 nitrogen and oxygen atoms in total. The highest BCUT2D eigenvalue weighted by molar-refractivity contribution is 9.09. The Morgan fingerprint density at radius 1 is 1.31 bits per heavy atom. The molecule has 0 bridgehead atoms. The van der Waals surface area contributed by atoms with E-state index in [-0.39, 0.29) is 0 Å². The van der Waals surface area contributed by atoms with Crippen LogP contribution in [0.1, 0.15) is 39.5 Å². The molecule has 1 rings (SSSR count). The van der Waals surface area contributed by atoms with Gasteiger partial charge in [-0.05, 0) is 37.5 Å². The van der Waals surface area contributed by atoms with E-state index in [1.54, 1.807) is 0 Å². The first-order chi connectivity index (χ1) is 6.18. The van der Waals surface area contributed by atoms with Crippen molar-refractivity contribution in [2.45, 2.75) is 44.4 Å². The van der Waals surface area contributed by atoms with Gasteiger partial charge in [0.25, 0.3) is 0 Å². The van der Waals surface area contributed by atoms with E-state index in [1.807, 2.05) is 0 Å². The second-order valence-corrected chi connectivity index (χ2v) is 5.98. The highest BCUT2D eigenvalue weighted by Gasteiger charge is 2.17. The summed E-state index contributed by atoms with van der Waals surface area (Å²) in [6.07, 6.45) is 5.25. The van der Waals surface area contributed by atoms with Gasteiger partial charge in [-0.1, -0.05) is 29.8 Å². The third-order valence-corrected chi connectivity index (χ3v) is 3.18. The highest BCUT2D eigenvalue weighted by Crippen LogP contribution is 2.26. The van der Waals surface area contributed by atoms with Crippen molar-refractivity contribution in [2.75, 3.05) is 13.2 Å². The predicted octanol–water partition coefficient (Wildman–Crippen LogP) is 3.61. The van der Waals surface area contributed by atoms with Crippen LogP contribution in [0.15, 0.2) is 0 Å². The normalized spacial score (nSPS) is 24.2. The molecule has 2 unspecified atom stereocenters. The zero-order chi connectivity index (χ0) is 9.68. The summed E-state index contributed by atoms with van der Waals surface area (Å²) in [5, 5.41) is 0. The van der Waals surface area contributed by atoms with Gasteiger partial charge in [0, 0.05) is 18.0 Å². The summed E-state index contributed by atoms with van der Waals surface area (Å²) in [6.45, 7) is 6.58. The molecule has 0 amide bonds. The molecule has 0 aromatic carbocycles. The van der Waals surface area contributed by atoms with Crippen LogP contribution < -0.4 is 0 Å². The molecule has 0 aromatic rings. The zero-order valence-electron chi connectivity index (χ0n) is 8.76. The van der Waals surface area contributed by atoms with Crippen molar-refractivity contribution in [3.8, 4) is 0 Å². The monoisotopic (exact) mass is 248 g/mol. The minimum atomic E-state index is 0.669. The first-order valence-corrected chi connectivity index (χ1v) is 6.32. The molecule has 2 heteroatoms. The largest absolute Gasteiger partial charge is 0.381 e. The van der Waals surface area contributed by atoms with E-state index < -0.39 is 0 Å². The second-order valence-electron chi connectivity index (χ2n) is 4.41. The van der Waals surface area contributed by atoms with Gasteiger partial charge in [0.2, 0.25) is 0 Å². The number of ether oxygens (including phenoxy) is 1. The molecule has 1 fully saturated rings. The number of hydrogen-bond acceptors (Lipinski definition) is 1. The average molecular weight is 249 g/mol. The molecule has 0 saturated carbocycles. The van der Waals surface area contributed by atoms with Gasteiger partial charge in [-0.3, -0.25) is 0 Å². The quantitative estimate of drug-likeness (QED) is 0.691. The van der Waals surface area contributed by atoms with Crippen LogP contribution >= 0.6 is 15.9 Å². The predicted molar refractivity (Wildman–Crippen MR) is 60.3 cm³/mol. The fourth-order valence-electron chi connectivity index (χ4n) is 2.20. The fraction of sp³-hybridized carbons (Fsp3) is 1.00. The van der Waals surface area contributed by atoms with Crippen molar-refractivity contribution in [3.05, 3.63) is 0 Å². The summed E-state index contributed by atoms with van der Waals surface area (Å²) in [7, 11) is 0. The number of halogens is 1. The summed E-state index contributed by atoms with van der Waals surface area (Å²) in [6, 6.07) is 0. The third kappa shape index (κ3) is 5.02. The Balaban J connectivity index is 2.14. The van der Waals surface area contributed by atoms with Crippen molar-refractivity contribution >= 4 is 15.9 Å². The molecule has 1 aliphatic heterocycles. The Morgan fingerprint density at radius 2 is 1.92 bits per heavy atom. The third-order valence-electron chi connectivity index (χ3n) is 2.80. The van der Waals surface area contributed by atoms with Gasteiger partial charge >= 0.3 is 0 Å². The summed E-state index contributed by atoms with van der Waals surface area (Å²) < 4.78 is 5.35. The number of rotatable bonds is 4. The van der Waals surface area contributed by atoms with E-state index in [9.17, 15) is 0 Å². The van der Waals surface area contributed by atoms with Gasteiger partial charge < -0.3 is 4.74 Å². The van der Waals surface area contributed by atoms with Gasteiger partial charge in [0.15, 0.2) is 0 Å². The van der Waals surface area contributed by atoms with Gasteiger partial charge in [0.1, 0.15) is 0 Å². The zero-order valence-corrected chi connectivity index (χ0v) is 10.3. The van der Waals surface area contributed by atoms with E-state index >= 15 is 0 Å². The molecule has 0 spiro atoms. The first kappa shape index (κ1) is 11.5. The standard InChI is InChI=1S/C11H21BrO/c1-9(7-10(2)12)8-11-3-5-13-6-4-11/h9-11H,3-8H2,1-2H3. The molecule has 0 radical (unpaired) electrons. The lowest BCUT2D eigenvalue weighted by Gasteiger charge is -2.25. The molecule has 0 N–H and O–H groups in total. The summed E-state index contributed by atoms with van der Waals surface area (Å²) in [5.41, 5.74) is 0. The lowest BCUT2D eigenvalue weighted by atomic mass is 9.88. The highest BCUT2D eigenvalue weighted by atomic mass is 79.9. The Morgan fingerprint density at radius 3 is 2.46 bits per heavy atom. The smallest absolute Gasteiger partial charge is 0.0468 e. The average Bonchev–Trinajstić information content (AvgIpc) is 2.04. The van der Waals surface area contributed by atoms with Gasteiger partial charge in [0.05, 0.1) is 0 Å². The maximum Gasteiger partial charge on any atom is 0.0468 e. The van der Waals surface area contributed by atoms with Crippen LogP contribution in [0.4, 0.5) is 0 Å². The van der Waals surface area contributed by atoms with E-state index in [2.05, 4.69) is 29.8 Å². The van der Waals surface area contributed by atoms with Gasteiger partial charge in [-0.25, -0.2) is 0 Å². The van der Waals surface area contributed by atoms with Crippen molar-refractivity contribution in [1.82, 2.24) is 0 Å². The van der Waals surface area contributed by atoms with Crippen LogP contribution in [0.5, 0.6) is 0 Å². The molecule has 2 atom stereocenters. The van der Waals surface area contributed by atoms with Crippen molar-refractivity contribution in [2.24, 2.45) is 11.8 Å². The molecule has 1 heterocycles. The van der Waals surface area contributed by atoms with Crippen LogP contribution in [0.3, 0.4) is 0 Å². The Kier molecular flexibility index (Phi) is 5.34. The molecular weight excluding hydrogens is 228 g/mol. The van der Waals surface area contributed by atoms with E-state index in [0.717, 1.165) is 25.0 Å². The minimum Gasteiger partial charge on any atom is -0.381 e. The summed E-state index contributed by atoms with van der Waals surface area (Å²) in [5.74, 6) is 1.78. The lowest BCUT2D eigenvalue weighted by molar-refractivity contribution is 0.0590. The molecule has 78 valence electrons. The number of hydrogen-bond donors (Lipinski definition) is 0. The van der Waals surface area contributed by atoms with Crippen LogP contribution in [0, 0.1) is 11.8 Å². The molecule has 13 heavy (non-hydrogen) atoms. The Labute approximate surface area is 90.4 Å². The fourth-order valence-corrected chi connectivity index (χ4v) is 2.84. The van der Waals surface area contributed by atoms with Crippen LogP contribution in [-0.4, -0.2) is 18.0 Å².